The van der Waals surface area contributed by atoms with Crippen LogP contribution >= 0.6 is 0 Å². The highest BCUT2D eigenvalue weighted by Crippen LogP contribution is 2.41. The van der Waals surface area contributed by atoms with Gasteiger partial charge in [0.15, 0.2) is 11.5 Å². The van der Waals surface area contributed by atoms with Crippen LogP contribution in [-0.2, 0) is 0 Å². The zero-order valence-electron chi connectivity index (χ0n) is 12.0. The van der Waals surface area contributed by atoms with Gasteiger partial charge in [-0.15, -0.1) is 0 Å². The topological polar surface area (TPSA) is 76.9 Å². The number of benzene rings is 1. The molecular weight excluding hydrogens is 274 g/mol. The second-order valence-electron chi connectivity index (χ2n) is 5.17. The number of fused-ring (bicyclic) bond motifs is 1. The molecule has 0 spiro atoms. The summed E-state index contributed by atoms with van der Waals surface area (Å²) in [6.45, 7) is 5.42. The van der Waals surface area contributed by atoms with E-state index in [9.17, 15) is 10.1 Å². The summed E-state index contributed by atoms with van der Waals surface area (Å²) in [6.07, 6.45) is 0.986. The molecule has 0 bridgehead atoms. The normalized spacial score (nSPS) is 20.3. The molecule has 1 aromatic carbocycles. The van der Waals surface area contributed by atoms with E-state index in [4.69, 9.17) is 9.47 Å². The molecule has 1 saturated heterocycles. The molecule has 114 valence electrons. The van der Waals surface area contributed by atoms with Crippen LogP contribution in [0.3, 0.4) is 0 Å². The fourth-order valence-electron chi connectivity index (χ4n) is 2.97. The molecule has 3 rings (SSSR count). The minimum Gasteiger partial charge on any atom is -0.486 e. The van der Waals surface area contributed by atoms with Crippen LogP contribution in [-0.4, -0.2) is 43.8 Å². The minimum absolute atomic E-state index is 0.0769. The third-order valence-corrected chi connectivity index (χ3v) is 3.96. The number of nitro groups is 1. The zero-order chi connectivity index (χ0) is 14.8. The molecule has 7 nitrogen and oxygen atoms in total. The maximum Gasteiger partial charge on any atom is 0.296 e. The zero-order valence-corrected chi connectivity index (χ0v) is 12.0. The molecule has 7 heteroatoms. The van der Waals surface area contributed by atoms with Crippen LogP contribution in [0.15, 0.2) is 12.1 Å². The van der Waals surface area contributed by atoms with Crippen LogP contribution in [0.1, 0.15) is 13.3 Å². The van der Waals surface area contributed by atoms with Gasteiger partial charge in [-0.1, -0.05) is 0 Å². The van der Waals surface area contributed by atoms with Crippen LogP contribution in [0, 0.1) is 10.1 Å². The van der Waals surface area contributed by atoms with Crippen LogP contribution in [0.25, 0.3) is 0 Å². The average molecular weight is 293 g/mol. The SMILES string of the molecule is CCN(c1cc2c(cc1[N+](=O)[O-])OCCO2)C1CCNC1. The summed E-state index contributed by atoms with van der Waals surface area (Å²) in [6, 6.07) is 3.50. The van der Waals surface area contributed by atoms with Gasteiger partial charge in [-0.25, -0.2) is 0 Å². The van der Waals surface area contributed by atoms with E-state index in [1.807, 2.05) is 6.92 Å². The summed E-state index contributed by atoms with van der Waals surface area (Å²) in [5.74, 6) is 1.04. The van der Waals surface area contributed by atoms with E-state index in [2.05, 4.69) is 10.2 Å². The van der Waals surface area contributed by atoms with E-state index in [1.165, 1.54) is 6.07 Å². The Morgan fingerprint density at radius 1 is 1.38 bits per heavy atom. The van der Waals surface area contributed by atoms with Crippen molar-refractivity contribution in [2.24, 2.45) is 0 Å². The summed E-state index contributed by atoms with van der Waals surface area (Å²) in [7, 11) is 0. The van der Waals surface area contributed by atoms with Gasteiger partial charge in [-0.3, -0.25) is 10.1 Å². The molecule has 2 heterocycles. The predicted octanol–water partition coefficient (Wildman–Crippen LogP) is 1.55. The van der Waals surface area contributed by atoms with Crippen molar-refractivity contribution in [3.05, 3.63) is 22.2 Å². The Bertz CT molecular complexity index is 543. The number of hydrogen-bond acceptors (Lipinski definition) is 6. The molecule has 1 N–H and O–H groups in total. The largest absolute Gasteiger partial charge is 0.486 e. The number of rotatable bonds is 4. The Morgan fingerprint density at radius 3 is 2.67 bits per heavy atom. The van der Waals surface area contributed by atoms with Crippen LogP contribution in [0.2, 0.25) is 0 Å². The lowest BCUT2D eigenvalue weighted by Crippen LogP contribution is -2.37. The van der Waals surface area contributed by atoms with E-state index < -0.39 is 0 Å². The van der Waals surface area contributed by atoms with Gasteiger partial charge in [0.2, 0.25) is 0 Å². The Morgan fingerprint density at radius 2 is 2.10 bits per heavy atom. The van der Waals surface area contributed by atoms with Crippen molar-refractivity contribution in [2.75, 3.05) is 37.7 Å². The third kappa shape index (κ3) is 2.61. The van der Waals surface area contributed by atoms with Crippen molar-refractivity contribution in [2.45, 2.75) is 19.4 Å². The first kappa shape index (κ1) is 13.9. The number of hydrogen-bond donors (Lipinski definition) is 1. The number of likely N-dealkylation sites (N-methyl/N-ethyl adjacent to an activating group) is 1. The summed E-state index contributed by atoms with van der Waals surface area (Å²) in [5, 5.41) is 14.7. The first-order valence-electron chi connectivity index (χ1n) is 7.26. The Kier molecular flexibility index (Phi) is 3.83. The van der Waals surface area contributed by atoms with Gasteiger partial charge in [0.1, 0.15) is 18.9 Å². The molecule has 0 amide bonds. The van der Waals surface area contributed by atoms with Crippen molar-refractivity contribution in [1.29, 1.82) is 0 Å². The van der Waals surface area contributed by atoms with Crippen LogP contribution in [0.5, 0.6) is 11.5 Å². The monoisotopic (exact) mass is 293 g/mol. The van der Waals surface area contributed by atoms with E-state index in [0.29, 0.717) is 36.9 Å². The van der Waals surface area contributed by atoms with Gasteiger partial charge >= 0.3 is 0 Å². The fourth-order valence-corrected chi connectivity index (χ4v) is 2.97. The van der Waals surface area contributed by atoms with Gasteiger partial charge in [0.25, 0.3) is 5.69 Å². The summed E-state index contributed by atoms with van der Waals surface area (Å²) >= 11 is 0. The van der Waals surface area contributed by atoms with Crippen molar-refractivity contribution in [3.63, 3.8) is 0 Å². The van der Waals surface area contributed by atoms with Crippen molar-refractivity contribution in [3.8, 4) is 11.5 Å². The Hall–Kier alpha value is -2.02. The van der Waals surface area contributed by atoms with Gasteiger partial charge in [-0.2, -0.15) is 0 Å². The highest BCUT2D eigenvalue weighted by molar-refractivity contribution is 5.70. The molecule has 1 atom stereocenters. The lowest BCUT2D eigenvalue weighted by atomic mass is 10.1. The Labute approximate surface area is 123 Å². The standard InChI is InChI=1S/C14H19N3O4/c1-2-16(10-3-4-15-9-10)11-7-13-14(21-6-5-20-13)8-12(11)17(18)19/h7-8,10,15H,2-6,9H2,1H3. The van der Waals surface area contributed by atoms with Crippen LogP contribution in [0.4, 0.5) is 11.4 Å². The molecule has 2 aliphatic rings. The first-order valence-corrected chi connectivity index (χ1v) is 7.26. The highest BCUT2D eigenvalue weighted by atomic mass is 16.6. The molecule has 1 aromatic rings. The average Bonchev–Trinajstić information content (AvgIpc) is 3.01. The van der Waals surface area contributed by atoms with Gasteiger partial charge in [0, 0.05) is 25.2 Å². The molecule has 2 aliphatic heterocycles. The Balaban J connectivity index is 2.03. The maximum atomic E-state index is 11.4. The number of nitrogens with one attached hydrogen (secondary N) is 1. The number of nitrogens with zero attached hydrogens (tertiary/aromatic N) is 2. The minimum atomic E-state index is -0.349. The summed E-state index contributed by atoms with van der Waals surface area (Å²) in [5.41, 5.74) is 0.688. The lowest BCUT2D eigenvalue weighted by molar-refractivity contribution is -0.384. The van der Waals surface area contributed by atoms with E-state index in [1.54, 1.807) is 6.07 Å². The molecule has 0 saturated carbocycles. The molecule has 1 fully saturated rings. The van der Waals surface area contributed by atoms with E-state index in [-0.39, 0.29) is 16.7 Å². The smallest absolute Gasteiger partial charge is 0.296 e. The van der Waals surface area contributed by atoms with E-state index >= 15 is 0 Å². The molecule has 0 aliphatic carbocycles. The summed E-state index contributed by atoms with van der Waals surface area (Å²) in [4.78, 5) is 13.1. The first-order chi connectivity index (χ1) is 10.2. The van der Waals surface area contributed by atoms with Crippen molar-refractivity contribution < 1.29 is 14.4 Å². The van der Waals surface area contributed by atoms with Crippen molar-refractivity contribution in [1.82, 2.24) is 5.32 Å². The molecule has 21 heavy (non-hydrogen) atoms. The predicted molar refractivity (Wildman–Crippen MR) is 78.4 cm³/mol. The lowest BCUT2D eigenvalue weighted by Gasteiger charge is -2.30. The van der Waals surface area contributed by atoms with Gasteiger partial charge < -0.3 is 19.7 Å². The molecule has 1 unspecified atom stereocenters. The van der Waals surface area contributed by atoms with E-state index in [0.717, 1.165) is 19.5 Å². The second kappa shape index (κ2) is 5.77. The number of nitro benzene ring substituents is 1. The third-order valence-electron chi connectivity index (χ3n) is 3.96. The number of anilines is 1. The van der Waals surface area contributed by atoms with Gasteiger partial charge in [-0.05, 0) is 19.9 Å². The molecule has 0 aromatic heterocycles. The van der Waals surface area contributed by atoms with Crippen molar-refractivity contribution >= 4 is 11.4 Å². The molecule has 0 radical (unpaired) electrons. The van der Waals surface area contributed by atoms with Gasteiger partial charge in [0.05, 0.1) is 11.0 Å². The molecular formula is C14H19N3O4. The fraction of sp³-hybridized carbons (Fsp3) is 0.571. The summed E-state index contributed by atoms with van der Waals surface area (Å²) < 4.78 is 11.0. The highest BCUT2D eigenvalue weighted by Gasteiger charge is 2.30. The maximum absolute atomic E-state index is 11.4. The number of ether oxygens (including phenoxy) is 2. The van der Waals surface area contributed by atoms with Crippen LogP contribution < -0.4 is 19.7 Å². The quantitative estimate of drug-likeness (QED) is 0.670. The second-order valence-corrected chi connectivity index (χ2v) is 5.17.